The Morgan fingerprint density at radius 2 is 0.886 bits per heavy atom. The lowest BCUT2D eigenvalue weighted by Gasteiger charge is -2.46. The minimum Gasteiger partial charge on any atom is -0.396 e. The van der Waals surface area contributed by atoms with Gasteiger partial charge < -0.3 is 28.8 Å². The summed E-state index contributed by atoms with van der Waals surface area (Å²) < 4.78 is 33.2. The van der Waals surface area contributed by atoms with E-state index in [1.165, 1.54) is 0 Å². The molecule has 0 aliphatic carbocycles. The zero-order valence-corrected chi connectivity index (χ0v) is 25.3. The first-order valence-corrected chi connectivity index (χ1v) is 15.6. The van der Waals surface area contributed by atoms with E-state index in [0.717, 1.165) is 35.1 Å². The van der Waals surface area contributed by atoms with Gasteiger partial charge in [0.25, 0.3) is 0 Å². The molecule has 1 aliphatic rings. The number of ether oxygens (including phenoxy) is 5. The largest absolute Gasteiger partial charge is 0.396 e. The predicted octanol–water partition coefficient (Wildman–Crippen LogP) is 6.89. The molecule has 0 radical (unpaired) electrons. The Morgan fingerprint density at radius 3 is 1.34 bits per heavy atom. The van der Waals surface area contributed by atoms with Gasteiger partial charge in [-0.2, -0.15) is 0 Å². The smallest absolute Gasteiger partial charge is 0.115 e. The van der Waals surface area contributed by atoms with Crippen molar-refractivity contribution in [2.24, 2.45) is 0 Å². The zero-order valence-electron chi connectivity index (χ0n) is 25.3. The third kappa shape index (κ3) is 9.83. The maximum atomic E-state index is 9.54. The molecule has 1 saturated heterocycles. The van der Waals surface area contributed by atoms with Crippen molar-refractivity contribution in [3.63, 3.8) is 0 Å². The van der Waals surface area contributed by atoms with Crippen molar-refractivity contribution in [1.29, 1.82) is 0 Å². The van der Waals surface area contributed by atoms with Crippen molar-refractivity contribution in [2.75, 3.05) is 13.2 Å². The van der Waals surface area contributed by atoms with Crippen molar-refractivity contribution < 1.29 is 28.8 Å². The van der Waals surface area contributed by atoms with Crippen LogP contribution < -0.4 is 0 Å². The lowest BCUT2D eigenvalue weighted by atomic mass is 9.91. The molecule has 0 unspecified atom stereocenters. The van der Waals surface area contributed by atoms with Gasteiger partial charge in [-0.05, 0) is 41.5 Å². The highest BCUT2D eigenvalue weighted by atomic mass is 16.6. The second kappa shape index (κ2) is 17.8. The van der Waals surface area contributed by atoms with E-state index in [4.69, 9.17) is 23.7 Å². The minimum atomic E-state index is -0.440. The van der Waals surface area contributed by atoms with E-state index in [0.29, 0.717) is 39.5 Å². The number of hydrogen-bond acceptors (Lipinski definition) is 6. The van der Waals surface area contributed by atoms with Gasteiger partial charge in [0.1, 0.15) is 24.4 Å². The number of rotatable bonds is 17. The Balaban J connectivity index is 1.41. The molecule has 4 aromatic carbocycles. The molecule has 6 nitrogen and oxygen atoms in total. The lowest BCUT2D eigenvalue weighted by molar-refractivity contribution is -0.273. The maximum absolute atomic E-state index is 9.54. The Morgan fingerprint density at radius 1 is 0.477 bits per heavy atom. The number of aliphatic hydroxyl groups excluding tert-OH is 1. The first-order chi connectivity index (χ1) is 21.8. The second-order valence-corrected chi connectivity index (χ2v) is 11.2. The van der Waals surface area contributed by atoms with E-state index in [2.05, 4.69) is 48.5 Å². The quantitative estimate of drug-likeness (QED) is 0.134. The maximum Gasteiger partial charge on any atom is 0.115 e. The molecule has 44 heavy (non-hydrogen) atoms. The molecule has 1 fully saturated rings. The van der Waals surface area contributed by atoms with Gasteiger partial charge in [0.2, 0.25) is 0 Å². The molecule has 1 N–H and O–H groups in total. The van der Waals surface area contributed by atoms with E-state index >= 15 is 0 Å². The molecule has 4 aromatic rings. The summed E-state index contributed by atoms with van der Waals surface area (Å²) in [6.07, 6.45) is 0.363. The third-order valence-corrected chi connectivity index (χ3v) is 7.88. The third-order valence-electron chi connectivity index (χ3n) is 7.88. The van der Waals surface area contributed by atoms with Gasteiger partial charge in [-0.3, -0.25) is 0 Å². The van der Waals surface area contributed by atoms with E-state index < -0.39 is 12.2 Å². The molecule has 0 bridgehead atoms. The highest BCUT2D eigenvalue weighted by Crippen LogP contribution is 2.33. The van der Waals surface area contributed by atoms with Crippen LogP contribution in [0.2, 0.25) is 0 Å². The summed E-state index contributed by atoms with van der Waals surface area (Å²) in [4.78, 5) is 0. The molecule has 5 rings (SSSR count). The van der Waals surface area contributed by atoms with Crippen molar-refractivity contribution in [1.82, 2.24) is 0 Å². The monoisotopic (exact) mass is 596 g/mol. The van der Waals surface area contributed by atoms with Crippen molar-refractivity contribution in [3.05, 3.63) is 144 Å². The molecule has 0 spiro atoms. The summed E-state index contributed by atoms with van der Waals surface area (Å²) in [6.45, 7) is 2.23. The SMILES string of the molecule is OCCCC[C@H]1O[C@H](COCc2ccccc2)[C@@H](OCc2ccccc2)[C@H](OCc2ccccc2)[C@H]1OCc1ccccc1. The molecule has 6 heteroatoms. The van der Waals surface area contributed by atoms with Gasteiger partial charge in [0, 0.05) is 6.61 Å². The fourth-order valence-corrected chi connectivity index (χ4v) is 5.57. The fraction of sp³-hybridized carbons (Fsp3) is 0.368. The predicted molar refractivity (Wildman–Crippen MR) is 171 cm³/mol. The van der Waals surface area contributed by atoms with Crippen LogP contribution in [-0.2, 0) is 50.1 Å². The van der Waals surface area contributed by atoms with Gasteiger partial charge >= 0.3 is 0 Å². The first kappa shape index (κ1) is 32.0. The Bertz CT molecular complexity index is 1300. The van der Waals surface area contributed by atoms with Gasteiger partial charge in [-0.25, -0.2) is 0 Å². The highest BCUT2D eigenvalue weighted by Gasteiger charge is 2.48. The van der Waals surface area contributed by atoms with Crippen LogP contribution in [0.5, 0.6) is 0 Å². The Kier molecular flexibility index (Phi) is 13.0. The summed E-state index contributed by atoms with van der Waals surface area (Å²) in [6, 6.07) is 40.7. The van der Waals surface area contributed by atoms with Gasteiger partial charge in [-0.15, -0.1) is 0 Å². The van der Waals surface area contributed by atoms with E-state index in [1.807, 2.05) is 72.8 Å². The number of benzene rings is 4. The molecule has 1 aliphatic heterocycles. The summed E-state index contributed by atoms with van der Waals surface area (Å²) in [5.74, 6) is 0. The lowest BCUT2D eigenvalue weighted by Crippen LogP contribution is -2.61. The zero-order chi connectivity index (χ0) is 30.2. The first-order valence-electron chi connectivity index (χ1n) is 15.6. The summed E-state index contributed by atoms with van der Waals surface area (Å²) >= 11 is 0. The topological polar surface area (TPSA) is 66.4 Å². The van der Waals surface area contributed by atoms with Gasteiger partial charge in [-0.1, -0.05) is 121 Å². The van der Waals surface area contributed by atoms with E-state index in [-0.39, 0.29) is 24.9 Å². The fourth-order valence-electron chi connectivity index (χ4n) is 5.57. The average molecular weight is 597 g/mol. The van der Waals surface area contributed by atoms with E-state index in [1.54, 1.807) is 0 Å². The summed E-state index contributed by atoms with van der Waals surface area (Å²) in [7, 11) is 0. The van der Waals surface area contributed by atoms with Crippen LogP contribution in [0.25, 0.3) is 0 Å². The van der Waals surface area contributed by atoms with Crippen LogP contribution in [0.3, 0.4) is 0 Å². The molecule has 5 atom stereocenters. The second-order valence-electron chi connectivity index (χ2n) is 11.2. The molecule has 0 aromatic heterocycles. The number of aliphatic hydroxyl groups is 1. The Labute approximate surface area is 261 Å². The van der Waals surface area contributed by atoms with Crippen LogP contribution in [0.4, 0.5) is 0 Å². The van der Waals surface area contributed by atoms with Gasteiger partial charge in [0.15, 0.2) is 0 Å². The van der Waals surface area contributed by atoms with Crippen LogP contribution in [0.1, 0.15) is 41.5 Å². The number of hydrogen-bond donors (Lipinski definition) is 1. The standard InChI is InChI=1S/C38H44O6/c39-24-14-13-23-34-36(41-26-31-17-7-2-8-18-31)38(43-28-33-21-11-4-12-22-33)37(42-27-32-19-9-3-10-20-32)35(44-34)29-40-25-30-15-5-1-6-16-30/h1-12,15-22,34-39H,13-14,23-29H2/t34-,35-,36+,37-,38-/m1/s1. The molecule has 0 amide bonds. The minimum absolute atomic E-state index is 0.141. The van der Waals surface area contributed by atoms with Crippen molar-refractivity contribution in [2.45, 2.75) is 76.2 Å². The van der Waals surface area contributed by atoms with Crippen LogP contribution >= 0.6 is 0 Å². The average Bonchev–Trinajstić information content (AvgIpc) is 3.08. The molecule has 0 saturated carbocycles. The number of unbranched alkanes of at least 4 members (excludes halogenated alkanes) is 1. The van der Waals surface area contributed by atoms with Crippen LogP contribution in [0, 0.1) is 0 Å². The molecular formula is C38H44O6. The van der Waals surface area contributed by atoms with Crippen LogP contribution in [0.15, 0.2) is 121 Å². The molecule has 1 heterocycles. The molecular weight excluding hydrogens is 552 g/mol. The van der Waals surface area contributed by atoms with Crippen molar-refractivity contribution in [3.8, 4) is 0 Å². The van der Waals surface area contributed by atoms with Crippen LogP contribution in [-0.4, -0.2) is 48.8 Å². The normalized spacial score (nSPS) is 21.7. The highest BCUT2D eigenvalue weighted by molar-refractivity contribution is 5.16. The summed E-state index contributed by atoms with van der Waals surface area (Å²) in [5.41, 5.74) is 4.34. The molecule has 232 valence electrons. The van der Waals surface area contributed by atoms with Crippen molar-refractivity contribution >= 4 is 0 Å². The summed E-state index contributed by atoms with van der Waals surface area (Å²) in [5, 5.41) is 9.54. The van der Waals surface area contributed by atoms with Gasteiger partial charge in [0.05, 0.1) is 39.1 Å². The van der Waals surface area contributed by atoms with E-state index in [9.17, 15) is 5.11 Å². The Hall–Kier alpha value is -3.36.